The van der Waals surface area contributed by atoms with Crippen molar-refractivity contribution in [1.29, 1.82) is 0 Å². The van der Waals surface area contributed by atoms with E-state index in [9.17, 15) is 14.4 Å². The summed E-state index contributed by atoms with van der Waals surface area (Å²) in [5.41, 5.74) is 0.970. The van der Waals surface area contributed by atoms with Gasteiger partial charge in [-0.25, -0.2) is 4.98 Å². The van der Waals surface area contributed by atoms with Gasteiger partial charge in [0.1, 0.15) is 6.54 Å². The van der Waals surface area contributed by atoms with E-state index >= 15 is 0 Å². The van der Waals surface area contributed by atoms with Gasteiger partial charge in [-0.15, -0.1) is 0 Å². The zero-order valence-corrected chi connectivity index (χ0v) is 16.4. The quantitative estimate of drug-likeness (QED) is 0.686. The highest BCUT2D eigenvalue weighted by Crippen LogP contribution is 2.31. The Morgan fingerprint density at radius 3 is 2.50 bits per heavy atom. The van der Waals surface area contributed by atoms with Gasteiger partial charge >= 0.3 is 0 Å². The van der Waals surface area contributed by atoms with Crippen LogP contribution in [0.25, 0.3) is 10.2 Å². The number of halogens is 1. The number of amides is 3. The SMILES string of the molecule is O=C(CN1C(=O)CCC1=O)N1CCN(c2nc3ccc(Br)cc3s2)CC1. The lowest BCUT2D eigenvalue weighted by Crippen LogP contribution is -2.51. The number of anilines is 1. The number of imide groups is 1. The van der Waals surface area contributed by atoms with Crippen molar-refractivity contribution in [3.05, 3.63) is 22.7 Å². The van der Waals surface area contributed by atoms with Gasteiger partial charge in [-0.3, -0.25) is 19.3 Å². The number of rotatable bonds is 3. The van der Waals surface area contributed by atoms with Crippen molar-refractivity contribution in [3.63, 3.8) is 0 Å². The monoisotopic (exact) mass is 436 g/mol. The van der Waals surface area contributed by atoms with E-state index in [1.54, 1.807) is 16.2 Å². The smallest absolute Gasteiger partial charge is 0.242 e. The molecule has 7 nitrogen and oxygen atoms in total. The van der Waals surface area contributed by atoms with Crippen LogP contribution in [0.2, 0.25) is 0 Å². The number of carbonyl (C=O) groups is 3. The second kappa shape index (κ2) is 6.96. The fourth-order valence-corrected chi connectivity index (χ4v) is 4.77. The van der Waals surface area contributed by atoms with Crippen molar-refractivity contribution in [3.8, 4) is 0 Å². The van der Waals surface area contributed by atoms with Gasteiger partial charge < -0.3 is 9.80 Å². The molecule has 0 aliphatic carbocycles. The van der Waals surface area contributed by atoms with Crippen molar-refractivity contribution in [2.24, 2.45) is 0 Å². The van der Waals surface area contributed by atoms with Gasteiger partial charge in [-0.2, -0.15) is 0 Å². The number of nitrogens with zero attached hydrogens (tertiary/aromatic N) is 4. The standard InChI is InChI=1S/C17H17BrN4O3S/c18-11-1-2-12-13(9-11)26-17(19-12)21-7-5-20(6-8-21)16(25)10-22-14(23)3-4-15(22)24/h1-2,9H,3-8,10H2. The first-order chi connectivity index (χ1) is 12.5. The number of fused-ring (bicyclic) bond motifs is 1. The van der Waals surface area contributed by atoms with Gasteiger partial charge in [0.25, 0.3) is 0 Å². The number of aromatic nitrogens is 1. The molecule has 2 fully saturated rings. The second-order valence-corrected chi connectivity index (χ2v) is 8.27. The van der Waals surface area contributed by atoms with E-state index in [1.165, 1.54) is 0 Å². The Bertz CT molecular complexity index is 875. The van der Waals surface area contributed by atoms with Crippen LogP contribution < -0.4 is 4.90 Å². The molecule has 0 N–H and O–H groups in total. The predicted octanol–water partition coefficient (Wildman–Crippen LogP) is 1.86. The van der Waals surface area contributed by atoms with Crippen LogP contribution in [0.5, 0.6) is 0 Å². The van der Waals surface area contributed by atoms with E-state index in [1.807, 2.05) is 12.1 Å². The van der Waals surface area contributed by atoms with Crippen LogP contribution in [0.4, 0.5) is 5.13 Å². The molecule has 0 saturated carbocycles. The zero-order valence-electron chi connectivity index (χ0n) is 14.0. The van der Waals surface area contributed by atoms with Crippen LogP contribution in [0.15, 0.2) is 22.7 Å². The Balaban J connectivity index is 1.38. The summed E-state index contributed by atoms with van der Waals surface area (Å²) in [5, 5.41) is 0.954. The maximum atomic E-state index is 12.4. The normalized spacial score (nSPS) is 18.3. The summed E-state index contributed by atoms with van der Waals surface area (Å²) in [6.07, 6.45) is 0.432. The summed E-state index contributed by atoms with van der Waals surface area (Å²) in [6, 6.07) is 6.02. The molecule has 3 heterocycles. The van der Waals surface area contributed by atoms with Gasteiger partial charge in [0.2, 0.25) is 17.7 Å². The third kappa shape index (κ3) is 3.33. The highest BCUT2D eigenvalue weighted by molar-refractivity contribution is 9.10. The average molecular weight is 437 g/mol. The number of thiazole rings is 1. The summed E-state index contributed by atoms with van der Waals surface area (Å²) in [6.45, 7) is 2.37. The lowest BCUT2D eigenvalue weighted by Gasteiger charge is -2.35. The molecule has 4 rings (SSSR count). The highest BCUT2D eigenvalue weighted by Gasteiger charge is 2.32. The van der Waals surface area contributed by atoms with Crippen LogP contribution in [0, 0.1) is 0 Å². The summed E-state index contributed by atoms with van der Waals surface area (Å²) in [5.74, 6) is -0.660. The predicted molar refractivity (Wildman–Crippen MR) is 102 cm³/mol. The highest BCUT2D eigenvalue weighted by atomic mass is 79.9. The minimum absolute atomic E-state index is 0.132. The van der Waals surface area contributed by atoms with Crippen molar-refractivity contribution >= 4 is 60.3 Å². The fraction of sp³-hybridized carbons (Fsp3) is 0.412. The van der Waals surface area contributed by atoms with Crippen LogP contribution >= 0.6 is 27.3 Å². The third-order valence-corrected chi connectivity index (χ3v) is 6.26. The molecule has 1 aromatic heterocycles. The summed E-state index contributed by atoms with van der Waals surface area (Å²) in [7, 11) is 0. The molecule has 136 valence electrons. The lowest BCUT2D eigenvalue weighted by atomic mass is 10.3. The van der Waals surface area contributed by atoms with Crippen molar-refractivity contribution in [2.75, 3.05) is 37.6 Å². The number of carbonyl (C=O) groups excluding carboxylic acids is 3. The molecular formula is C17H17BrN4O3S. The van der Waals surface area contributed by atoms with E-state index in [2.05, 4.69) is 31.9 Å². The third-order valence-electron chi connectivity index (χ3n) is 4.69. The maximum Gasteiger partial charge on any atom is 0.242 e. The lowest BCUT2D eigenvalue weighted by molar-refractivity contribution is -0.145. The van der Waals surface area contributed by atoms with Crippen LogP contribution in [-0.4, -0.2) is 65.2 Å². The van der Waals surface area contributed by atoms with Gasteiger partial charge in [0.15, 0.2) is 5.13 Å². The van der Waals surface area contributed by atoms with Crippen molar-refractivity contribution in [2.45, 2.75) is 12.8 Å². The van der Waals surface area contributed by atoms with Crippen molar-refractivity contribution in [1.82, 2.24) is 14.8 Å². The van der Waals surface area contributed by atoms with E-state index < -0.39 is 0 Å². The number of likely N-dealkylation sites (tertiary alicyclic amines) is 1. The number of piperazine rings is 1. The Morgan fingerprint density at radius 1 is 1.12 bits per heavy atom. The second-order valence-electron chi connectivity index (χ2n) is 6.35. The zero-order chi connectivity index (χ0) is 18.3. The minimum atomic E-state index is -0.248. The Hall–Kier alpha value is -2.00. The number of hydrogen-bond donors (Lipinski definition) is 0. The molecule has 2 saturated heterocycles. The fourth-order valence-electron chi connectivity index (χ4n) is 3.20. The Kier molecular flexibility index (Phi) is 4.66. The van der Waals surface area contributed by atoms with E-state index in [-0.39, 0.29) is 37.1 Å². The molecule has 1 aromatic carbocycles. The van der Waals surface area contributed by atoms with Crippen LogP contribution in [-0.2, 0) is 14.4 Å². The van der Waals surface area contributed by atoms with Crippen LogP contribution in [0.3, 0.4) is 0 Å². The molecule has 9 heteroatoms. The number of hydrogen-bond acceptors (Lipinski definition) is 6. The van der Waals surface area contributed by atoms with E-state index in [0.717, 1.165) is 24.7 Å². The first-order valence-electron chi connectivity index (χ1n) is 8.43. The van der Waals surface area contributed by atoms with Gasteiger partial charge in [0, 0.05) is 43.5 Å². The van der Waals surface area contributed by atoms with E-state index in [4.69, 9.17) is 0 Å². The van der Waals surface area contributed by atoms with Crippen LogP contribution in [0.1, 0.15) is 12.8 Å². The van der Waals surface area contributed by atoms with Gasteiger partial charge in [0.05, 0.1) is 10.2 Å². The molecule has 26 heavy (non-hydrogen) atoms. The van der Waals surface area contributed by atoms with Gasteiger partial charge in [-0.05, 0) is 18.2 Å². The average Bonchev–Trinajstić information content (AvgIpc) is 3.19. The molecule has 0 spiro atoms. The number of benzene rings is 1. The summed E-state index contributed by atoms with van der Waals surface area (Å²) < 4.78 is 2.15. The maximum absolute atomic E-state index is 12.4. The van der Waals surface area contributed by atoms with E-state index in [0.29, 0.717) is 26.2 Å². The minimum Gasteiger partial charge on any atom is -0.345 e. The first-order valence-corrected chi connectivity index (χ1v) is 10.0. The van der Waals surface area contributed by atoms with Gasteiger partial charge in [-0.1, -0.05) is 27.3 Å². The largest absolute Gasteiger partial charge is 0.345 e. The molecular weight excluding hydrogens is 420 g/mol. The Labute approximate surface area is 162 Å². The topological polar surface area (TPSA) is 73.8 Å². The molecule has 3 amide bonds. The molecule has 0 radical (unpaired) electrons. The molecule has 2 aromatic rings. The Morgan fingerprint density at radius 2 is 1.81 bits per heavy atom. The first kappa shape index (κ1) is 17.4. The van der Waals surface area contributed by atoms with Crippen molar-refractivity contribution < 1.29 is 14.4 Å². The summed E-state index contributed by atoms with van der Waals surface area (Å²) >= 11 is 5.11. The summed E-state index contributed by atoms with van der Waals surface area (Å²) in [4.78, 5) is 45.4. The molecule has 2 aliphatic heterocycles. The molecule has 0 atom stereocenters. The molecule has 0 bridgehead atoms. The molecule has 2 aliphatic rings. The molecule has 0 unspecified atom stereocenters.